The van der Waals surface area contributed by atoms with Crippen LogP contribution in [-0.2, 0) is 17.5 Å². The van der Waals surface area contributed by atoms with Crippen LogP contribution in [0.3, 0.4) is 0 Å². The van der Waals surface area contributed by atoms with Gasteiger partial charge in [-0.2, -0.15) is 23.5 Å². The summed E-state index contributed by atoms with van der Waals surface area (Å²) in [5.74, 6) is -1.32. The fourth-order valence-electron chi connectivity index (χ4n) is 4.99. The lowest BCUT2D eigenvalue weighted by atomic mass is 9.96. The van der Waals surface area contributed by atoms with Gasteiger partial charge < -0.3 is 20.7 Å². The number of anilines is 1. The molecule has 0 radical (unpaired) electrons. The lowest BCUT2D eigenvalue weighted by Crippen LogP contribution is -2.32. The van der Waals surface area contributed by atoms with Gasteiger partial charge >= 0.3 is 12.3 Å². The third kappa shape index (κ3) is 8.77. The number of nitriles is 1. The van der Waals surface area contributed by atoms with Crippen LogP contribution in [0, 0.1) is 23.1 Å². The van der Waals surface area contributed by atoms with E-state index in [4.69, 9.17) is 4.74 Å². The molecule has 0 bridgehead atoms. The third-order valence-corrected chi connectivity index (χ3v) is 7.45. The Labute approximate surface area is 274 Å². The van der Waals surface area contributed by atoms with Crippen molar-refractivity contribution in [1.29, 1.82) is 5.26 Å². The maximum absolute atomic E-state index is 15.2. The van der Waals surface area contributed by atoms with Crippen LogP contribution < -0.4 is 16.0 Å². The molecule has 48 heavy (non-hydrogen) atoms. The molecular formula is C35H34F4N6O3. The third-order valence-electron chi connectivity index (χ3n) is 7.45. The van der Waals surface area contributed by atoms with E-state index >= 15 is 4.39 Å². The number of hydrogen-bond acceptors (Lipinski definition) is 6. The minimum Gasteiger partial charge on any atom is -0.444 e. The second kappa shape index (κ2) is 13.9. The van der Waals surface area contributed by atoms with Crippen LogP contribution in [-0.4, -0.2) is 33.9 Å². The Morgan fingerprint density at radius 1 is 1.02 bits per heavy atom. The van der Waals surface area contributed by atoms with Gasteiger partial charge in [-0.15, -0.1) is 0 Å². The Balaban J connectivity index is 1.44. The van der Waals surface area contributed by atoms with Gasteiger partial charge in [-0.05, 0) is 99.2 Å². The van der Waals surface area contributed by atoms with Gasteiger partial charge in [0.2, 0.25) is 0 Å². The number of ether oxygens (including phenoxy) is 1. The second-order valence-electron chi connectivity index (χ2n) is 12.6. The van der Waals surface area contributed by atoms with Crippen LogP contribution in [0.15, 0.2) is 72.8 Å². The summed E-state index contributed by atoms with van der Waals surface area (Å²) >= 11 is 0. The minimum atomic E-state index is -4.88. The van der Waals surface area contributed by atoms with Crippen LogP contribution in [0.4, 0.5) is 28.0 Å². The van der Waals surface area contributed by atoms with E-state index in [0.717, 1.165) is 23.1 Å². The van der Waals surface area contributed by atoms with Gasteiger partial charge in [-0.25, -0.2) is 13.9 Å². The SMILES string of the molecule is CC(C)(C)OC(=O)NCc1cccc(-n2nc(C(F)(F)F)cc2C(=O)Nc2cc([C@@H](NCC3CC3)c3cccc(C#N)c3)ccc2F)c1. The topological polar surface area (TPSA) is 121 Å². The standard InChI is InChI=1S/C35H34F4N6O3/c1-34(2,3)48-33(47)42-20-23-7-5-9-26(15-23)45-29(17-30(44-45)35(37,38)39)32(46)43-28-16-25(12-13-27(28)36)31(41-19-21-10-11-21)24-8-4-6-22(14-24)18-40/h4-9,12-17,21,31,41H,10-11,19-20H2,1-3H3,(H,42,47)(H,43,46)/t31-/m0/s1. The average Bonchev–Trinajstić information content (AvgIpc) is 3.74. The van der Waals surface area contributed by atoms with Gasteiger partial charge in [0, 0.05) is 12.6 Å². The Hall–Kier alpha value is -5.22. The zero-order valence-electron chi connectivity index (χ0n) is 26.5. The summed E-state index contributed by atoms with van der Waals surface area (Å²) in [6.07, 6.45) is -3.39. The predicted octanol–water partition coefficient (Wildman–Crippen LogP) is 7.27. The van der Waals surface area contributed by atoms with E-state index in [2.05, 4.69) is 27.1 Å². The zero-order valence-corrected chi connectivity index (χ0v) is 26.5. The molecule has 1 aromatic heterocycles. The van der Waals surface area contributed by atoms with Crippen molar-refractivity contribution in [2.24, 2.45) is 5.92 Å². The van der Waals surface area contributed by atoms with E-state index in [9.17, 15) is 28.0 Å². The molecule has 0 spiro atoms. The Morgan fingerprint density at radius 2 is 1.75 bits per heavy atom. The van der Waals surface area contributed by atoms with Gasteiger partial charge in [0.05, 0.1) is 29.0 Å². The van der Waals surface area contributed by atoms with Crippen LogP contribution in [0.1, 0.15) is 78.1 Å². The molecule has 1 atom stereocenters. The van der Waals surface area contributed by atoms with Gasteiger partial charge in [0.25, 0.3) is 5.91 Å². The van der Waals surface area contributed by atoms with Crippen molar-refractivity contribution < 1.29 is 31.9 Å². The maximum Gasteiger partial charge on any atom is 0.435 e. The zero-order chi connectivity index (χ0) is 34.6. The van der Waals surface area contributed by atoms with E-state index in [0.29, 0.717) is 35.2 Å². The minimum absolute atomic E-state index is 0.0110. The highest BCUT2D eigenvalue weighted by atomic mass is 19.4. The largest absolute Gasteiger partial charge is 0.444 e. The highest BCUT2D eigenvalue weighted by Crippen LogP contribution is 2.33. The molecule has 250 valence electrons. The molecule has 0 aliphatic heterocycles. The first kappa shape index (κ1) is 34.1. The van der Waals surface area contributed by atoms with Crippen molar-refractivity contribution in [3.8, 4) is 11.8 Å². The van der Waals surface area contributed by atoms with Crippen LogP contribution in [0.2, 0.25) is 0 Å². The Kier molecular flexibility index (Phi) is 9.86. The molecule has 1 fully saturated rings. The van der Waals surface area contributed by atoms with Crippen molar-refractivity contribution in [2.75, 3.05) is 11.9 Å². The number of rotatable bonds is 10. The van der Waals surface area contributed by atoms with Crippen molar-refractivity contribution in [1.82, 2.24) is 20.4 Å². The van der Waals surface area contributed by atoms with Gasteiger partial charge in [0.15, 0.2) is 5.69 Å². The molecule has 13 heteroatoms. The molecule has 1 heterocycles. The number of hydrogen-bond donors (Lipinski definition) is 3. The Bertz CT molecular complexity index is 1850. The quantitative estimate of drug-likeness (QED) is 0.154. The molecule has 1 aliphatic carbocycles. The number of alkyl carbamates (subject to hydrolysis) is 1. The summed E-state index contributed by atoms with van der Waals surface area (Å²) in [6, 6.07) is 19.5. The molecule has 3 aromatic carbocycles. The fraction of sp³-hybridized carbons (Fsp3) is 0.314. The number of halogens is 4. The van der Waals surface area contributed by atoms with E-state index in [1.165, 1.54) is 30.3 Å². The van der Waals surface area contributed by atoms with Crippen molar-refractivity contribution in [3.63, 3.8) is 0 Å². The maximum atomic E-state index is 15.2. The molecular weight excluding hydrogens is 628 g/mol. The number of nitrogens with zero attached hydrogens (tertiary/aromatic N) is 3. The number of nitrogens with one attached hydrogen (secondary N) is 3. The van der Waals surface area contributed by atoms with Crippen molar-refractivity contribution in [3.05, 3.63) is 112 Å². The van der Waals surface area contributed by atoms with Crippen LogP contribution >= 0.6 is 0 Å². The van der Waals surface area contributed by atoms with E-state index < -0.39 is 47.0 Å². The molecule has 3 N–H and O–H groups in total. The summed E-state index contributed by atoms with van der Waals surface area (Å²) in [5, 5.41) is 21.6. The van der Waals surface area contributed by atoms with Crippen LogP contribution in [0.25, 0.3) is 5.69 Å². The Morgan fingerprint density at radius 3 is 2.44 bits per heavy atom. The summed E-state index contributed by atoms with van der Waals surface area (Å²) in [6.45, 7) is 5.79. The number of carbonyl (C=O) groups excluding carboxylic acids is 2. The molecule has 0 saturated heterocycles. The van der Waals surface area contributed by atoms with Crippen molar-refractivity contribution in [2.45, 2.75) is 58.0 Å². The molecule has 1 aliphatic rings. The highest BCUT2D eigenvalue weighted by molar-refractivity contribution is 6.03. The summed E-state index contributed by atoms with van der Waals surface area (Å²) in [5.41, 5.74) is -0.399. The van der Waals surface area contributed by atoms with E-state index in [1.807, 2.05) is 6.07 Å². The van der Waals surface area contributed by atoms with Crippen molar-refractivity contribution >= 4 is 17.7 Å². The van der Waals surface area contributed by atoms with E-state index in [-0.39, 0.29) is 17.9 Å². The molecule has 9 nitrogen and oxygen atoms in total. The average molecular weight is 663 g/mol. The first-order valence-electron chi connectivity index (χ1n) is 15.3. The number of carbonyl (C=O) groups is 2. The van der Waals surface area contributed by atoms with Gasteiger partial charge in [0.1, 0.15) is 17.1 Å². The number of aromatic nitrogens is 2. The molecule has 5 rings (SSSR count). The van der Waals surface area contributed by atoms with Gasteiger partial charge in [-0.3, -0.25) is 4.79 Å². The molecule has 2 amide bonds. The normalized spacial score (nSPS) is 13.8. The summed E-state index contributed by atoms with van der Waals surface area (Å²) < 4.78 is 62.6. The second-order valence-corrected chi connectivity index (χ2v) is 12.6. The molecule has 4 aromatic rings. The first-order valence-corrected chi connectivity index (χ1v) is 15.3. The molecule has 0 unspecified atom stereocenters. The lowest BCUT2D eigenvalue weighted by molar-refractivity contribution is -0.141. The predicted molar refractivity (Wildman–Crippen MR) is 170 cm³/mol. The number of benzene rings is 3. The van der Waals surface area contributed by atoms with Crippen LogP contribution in [0.5, 0.6) is 0 Å². The highest BCUT2D eigenvalue weighted by Gasteiger charge is 2.36. The van der Waals surface area contributed by atoms with E-state index in [1.54, 1.807) is 51.1 Å². The first-order chi connectivity index (χ1) is 22.7. The number of amides is 2. The summed E-state index contributed by atoms with van der Waals surface area (Å²) in [4.78, 5) is 25.7. The fourth-order valence-corrected chi connectivity index (χ4v) is 4.99. The number of alkyl halides is 3. The molecule has 1 saturated carbocycles. The smallest absolute Gasteiger partial charge is 0.435 e. The summed E-state index contributed by atoms with van der Waals surface area (Å²) in [7, 11) is 0. The lowest BCUT2D eigenvalue weighted by Gasteiger charge is -2.21. The monoisotopic (exact) mass is 662 g/mol. The van der Waals surface area contributed by atoms with Gasteiger partial charge in [-0.1, -0.05) is 30.3 Å².